The maximum atomic E-state index is 12.7. The molecule has 1 aromatic rings. The number of carbonyl (C=O) groups is 2. The van der Waals surface area contributed by atoms with E-state index >= 15 is 0 Å². The molecule has 1 heterocycles. The molecule has 0 atom stereocenters. The highest BCUT2D eigenvalue weighted by Crippen LogP contribution is 2.28. The summed E-state index contributed by atoms with van der Waals surface area (Å²) in [5.74, 6) is -0.110. The van der Waals surface area contributed by atoms with Gasteiger partial charge >= 0.3 is 0 Å². The lowest BCUT2D eigenvalue weighted by atomic mass is 10.1. The van der Waals surface area contributed by atoms with Crippen molar-refractivity contribution in [3.05, 3.63) is 35.4 Å². The zero-order valence-electron chi connectivity index (χ0n) is 13.0. The van der Waals surface area contributed by atoms with Gasteiger partial charge in [0, 0.05) is 37.8 Å². The standard InChI is InChI=1S/C17H20N4O2/c18-11-13-1-3-14(4-2-13)17(23)21(15-5-6-15)12-16(22)20-9-7-19-8-10-20/h1-4,15,19H,5-10,12H2. The molecular formula is C17H20N4O2. The zero-order chi connectivity index (χ0) is 16.2. The number of benzene rings is 1. The predicted octanol–water partition coefficient (Wildman–Crippen LogP) is 0.595. The summed E-state index contributed by atoms with van der Waals surface area (Å²) >= 11 is 0. The van der Waals surface area contributed by atoms with Crippen LogP contribution in [0.15, 0.2) is 24.3 Å². The van der Waals surface area contributed by atoms with Crippen LogP contribution in [0.25, 0.3) is 0 Å². The Morgan fingerprint density at radius 1 is 1.22 bits per heavy atom. The normalized spacial score (nSPS) is 17.4. The number of hydrogen-bond acceptors (Lipinski definition) is 4. The van der Waals surface area contributed by atoms with Crippen LogP contribution >= 0.6 is 0 Å². The topological polar surface area (TPSA) is 76.4 Å². The summed E-state index contributed by atoms with van der Waals surface area (Å²) in [6, 6.07) is 8.80. The molecule has 23 heavy (non-hydrogen) atoms. The summed E-state index contributed by atoms with van der Waals surface area (Å²) < 4.78 is 0. The Morgan fingerprint density at radius 3 is 2.43 bits per heavy atom. The Hall–Kier alpha value is -2.39. The number of hydrogen-bond donors (Lipinski definition) is 1. The summed E-state index contributed by atoms with van der Waals surface area (Å²) in [4.78, 5) is 28.6. The smallest absolute Gasteiger partial charge is 0.254 e. The number of nitriles is 1. The van der Waals surface area contributed by atoms with Crippen molar-refractivity contribution < 1.29 is 9.59 Å². The highest BCUT2D eigenvalue weighted by molar-refractivity contribution is 5.97. The molecule has 0 radical (unpaired) electrons. The molecular weight excluding hydrogens is 292 g/mol. The van der Waals surface area contributed by atoms with Gasteiger partial charge in [0.25, 0.3) is 5.91 Å². The lowest BCUT2D eigenvalue weighted by Crippen LogP contribution is -2.50. The Morgan fingerprint density at radius 2 is 1.87 bits per heavy atom. The fourth-order valence-electron chi connectivity index (χ4n) is 2.77. The lowest BCUT2D eigenvalue weighted by molar-refractivity contribution is -0.132. The van der Waals surface area contributed by atoms with E-state index in [9.17, 15) is 9.59 Å². The van der Waals surface area contributed by atoms with Gasteiger partial charge in [-0.3, -0.25) is 9.59 Å². The van der Waals surface area contributed by atoms with Crippen molar-refractivity contribution in [3.63, 3.8) is 0 Å². The van der Waals surface area contributed by atoms with Gasteiger partial charge in [-0.25, -0.2) is 0 Å². The highest BCUT2D eigenvalue weighted by atomic mass is 16.2. The molecule has 0 bridgehead atoms. The number of piperazine rings is 1. The van der Waals surface area contributed by atoms with E-state index in [0.29, 0.717) is 24.2 Å². The molecule has 1 saturated heterocycles. The Bertz CT molecular complexity index is 625. The van der Waals surface area contributed by atoms with Gasteiger partial charge in [-0.05, 0) is 37.1 Å². The lowest BCUT2D eigenvalue weighted by Gasteiger charge is -2.30. The van der Waals surface area contributed by atoms with E-state index < -0.39 is 0 Å². The van der Waals surface area contributed by atoms with Gasteiger partial charge in [0.05, 0.1) is 11.6 Å². The molecule has 6 nitrogen and oxygen atoms in total. The van der Waals surface area contributed by atoms with Gasteiger partial charge in [-0.2, -0.15) is 5.26 Å². The molecule has 2 fully saturated rings. The fraction of sp³-hybridized carbons (Fsp3) is 0.471. The van der Waals surface area contributed by atoms with Gasteiger partial charge in [-0.15, -0.1) is 0 Å². The molecule has 0 unspecified atom stereocenters. The van der Waals surface area contributed by atoms with Crippen LogP contribution in [0.4, 0.5) is 0 Å². The molecule has 1 N–H and O–H groups in total. The molecule has 1 aliphatic heterocycles. The minimum atomic E-state index is -0.125. The maximum absolute atomic E-state index is 12.7. The maximum Gasteiger partial charge on any atom is 0.254 e. The van der Waals surface area contributed by atoms with Crippen LogP contribution in [-0.4, -0.2) is 60.4 Å². The summed E-state index contributed by atoms with van der Waals surface area (Å²) in [6.45, 7) is 3.14. The van der Waals surface area contributed by atoms with Crippen LogP contribution in [-0.2, 0) is 4.79 Å². The summed E-state index contributed by atoms with van der Waals surface area (Å²) in [5, 5.41) is 12.1. The van der Waals surface area contributed by atoms with E-state index in [4.69, 9.17) is 5.26 Å². The van der Waals surface area contributed by atoms with Crippen LogP contribution in [0.2, 0.25) is 0 Å². The quantitative estimate of drug-likeness (QED) is 0.883. The second kappa shape index (κ2) is 6.80. The van der Waals surface area contributed by atoms with E-state index in [-0.39, 0.29) is 24.4 Å². The Balaban J connectivity index is 1.69. The molecule has 1 aliphatic carbocycles. The van der Waals surface area contributed by atoms with Gasteiger partial charge in [-0.1, -0.05) is 0 Å². The molecule has 1 aromatic carbocycles. The Labute approximate surface area is 135 Å². The van der Waals surface area contributed by atoms with Crippen molar-refractivity contribution in [1.82, 2.24) is 15.1 Å². The van der Waals surface area contributed by atoms with E-state index in [0.717, 1.165) is 25.9 Å². The van der Waals surface area contributed by atoms with Crippen LogP contribution in [0.1, 0.15) is 28.8 Å². The first kappa shape index (κ1) is 15.5. The zero-order valence-corrected chi connectivity index (χ0v) is 13.0. The molecule has 0 spiro atoms. The average Bonchev–Trinajstić information content (AvgIpc) is 3.44. The highest BCUT2D eigenvalue weighted by Gasteiger charge is 2.35. The van der Waals surface area contributed by atoms with E-state index in [1.54, 1.807) is 29.2 Å². The van der Waals surface area contributed by atoms with Gasteiger partial charge in [0.2, 0.25) is 5.91 Å². The van der Waals surface area contributed by atoms with E-state index in [1.165, 1.54) is 0 Å². The van der Waals surface area contributed by atoms with E-state index in [1.807, 2.05) is 11.0 Å². The minimum Gasteiger partial charge on any atom is -0.339 e. The second-order valence-corrected chi connectivity index (χ2v) is 5.98. The van der Waals surface area contributed by atoms with Crippen LogP contribution in [0, 0.1) is 11.3 Å². The fourth-order valence-corrected chi connectivity index (χ4v) is 2.77. The first-order valence-corrected chi connectivity index (χ1v) is 7.98. The number of amides is 2. The van der Waals surface area contributed by atoms with E-state index in [2.05, 4.69) is 5.32 Å². The molecule has 1 saturated carbocycles. The predicted molar refractivity (Wildman–Crippen MR) is 84.7 cm³/mol. The van der Waals surface area contributed by atoms with Crippen LogP contribution in [0.5, 0.6) is 0 Å². The van der Waals surface area contributed by atoms with Crippen molar-refractivity contribution in [3.8, 4) is 6.07 Å². The number of carbonyl (C=O) groups excluding carboxylic acids is 2. The SMILES string of the molecule is N#Cc1ccc(C(=O)N(CC(=O)N2CCNCC2)C2CC2)cc1. The summed E-state index contributed by atoms with van der Waals surface area (Å²) in [7, 11) is 0. The van der Waals surface area contributed by atoms with Gasteiger partial charge in [0.1, 0.15) is 6.54 Å². The van der Waals surface area contributed by atoms with Crippen molar-refractivity contribution in [2.75, 3.05) is 32.7 Å². The van der Waals surface area contributed by atoms with Crippen LogP contribution < -0.4 is 5.32 Å². The monoisotopic (exact) mass is 312 g/mol. The number of rotatable bonds is 4. The summed E-state index contributed by atoms with van der Waals surface area (Å²) in [5.41, 5.74) is 1.06. The first-order chi connectivity index (χ1) is 11.2. The molecule has 3 rings (SSSR count). The van der Waals surface area contributed by atoms with Gasteiger partial charge < -0.3 is 15.1 Å². The largest absolute Gasteiger partial charge is 0.339 e. The minimum absolute atomic E-state index is 0.0143. The number of nitrogens with zero attached hydrogens (tertiary/aromatic N) is 3. The Kier molecular flexibility index (Phi) is 4.58. The first-order valence-electron chi connectivity index (χ1n) is 7.98. The molecule has 120 valence electrons. The second-order valence-electron chi connectivity index (χ2n) is 5.98. The number of nitrogens with one attached hydrogen (secondary N) is 1. The van der Waals surface area contributed by atoms with Crippen LogP contribution in [0.3, 0.4) is 0 Å². The molecule has 6 heteroatoms. The third-order valence-electron chi connectivity index (χ3n) is 4.28. The molecule has 0 aromatic heterocycles. The van der Waals surface area contributed by atoms with Crippen molar-refractivity contribution >= 4 is 11.8 Å². The molecule has 2 amide bonds. The summed E-state index contributed by atoms with van der Waals surface area (Å²) in [6.07, 6.45) is 1.91. The van der Waals surface area contributed by atoms with Crippen molar-refractivity contribution in [2.45, 2.75) is 18.9 Å². The van der Waals surface area contributed by atoms with Crippen molar-refractivity contribution in [2.24, 2.45) is 0 Å². The van der Waals surface area contributed by atoms with Crippen molar-refractivity contribution in [1.29, 1.82) is 5.26 Å². The molecule has 2 aliphatic rings. The van der Waals surface area contributed by atoms with Gasteiger partial charge in [0.15, 0.2) is 0 Å². The third-order valence-corrected chi connectivity index (χ3v) is 4.28. The third kappa shape index (κ3) is 3.69. The average molecular weight is 312 g/mol.